The zero-order chi connectivity index (χ0) is 17.1. The number of halogens is 1. The molecule has 0 aliphatic carbocycles. The number of hydrogen-bond acceptors (Lipinski definition) is 4. The molecule has 130 valence electrons. The lowest BCUT2D eigenvalue weighted by Gasteiger charge is -2.26. The molecule has 0 atom stereocenters. The van der Waals surface area contributed by atoms with Crippen molar-refractivity contribution in [2.45, 2.75) is 20.3 Å². The first kappa shape index (κ1) is 17.4. The van der Waals surface area contributed by atoms with Gasteiger partial charge in [0.1, 0.15) is 5.69 Å². The van der Waals surface area contributed by atoms with Crippen molar-refractivity contribution in [1.29, 1.82) is 0 Å². The average Bonchev–Trinajstić information content (AvgIpc) is 2.94. The first-order valence-corrected chi connectivity index (χ1v) is 9.15. The molecule has 1 saturated heterocycles. The minimum absolute atomic E-state index is 0.0647. The highest BCUT2D eigenvalue weighted by molar-refractivity contribution is 9.10. The normalized spacial score (nSPS) is 15.8. The molecule has 0 spiro atoms. The number of fused-ring (bicyclic) bond motifs is 1. The Balaban J connectivity index is 1.76. The smallest absolute Gasteiger partial charge is 0.270 e. The highest BCUT2D eigenvalue weighted by atomic mass is 79.9. The molecular formula is C17H23BrN4O2. The van der Waals surface area contributed by atoms with Crippen LogP contribution in [0.1, 0.15) is 28.7 Å². The van der Waals surface area contributed by atoms with E-state index in [1.165, 1.54) is 0 Å². The number of nitrogens with one attached hydrogen (secondary N) is 1. The maximum atomic E-state index is 12.7. The maximum absolute atomic E-state index is 12.7. The number of pyridine rings is 1. The summed E-state index contributed by atoms with van der Waals surface area (Å²) in [7, 11) is 0. The molecule has 1 fully saturated rings. The van der Waals surface area contributed by atoms with Gasteiger partial charge < -0.3 is 10.1 Å². The van der Waals surface area contributed by atoms with Gasteiger partial charge in [-0.15, -0.1) is 0 Å². The molecule has 0 saturated carbocycles. The molecule has 3 rings (SSSR count). The van der Waals surface area contributed by atoms with Crippen molar-refractivity contribution in [2.75, 3.05) is 39.4 Å². The Morgan fingerprint density at radius 3 is 2.88 bits per heavy atom. The number of ether oxygens (including phenoxy) is 1. The lowest BCUT2D eigenvalue weighted by atomic mass is 10.2. The van der Waals surface area contributed by atoms with Gasteiger partial charge in [0.05, 0.1) is 23.4 Å². The van der Waals surface area contributed by atoms with E-state index < -0.39 is 0 Å². The van der Waals surface area contributed by atoms with E-state index in [2.05, 4.69) is 31.1 Å². The van der Waals surface area contributed by atoms with E-state index in [-0.39, 0.29) is 5.91 Å². The predicted octanol–water partition coefficient (Wildman–Crippen LogP) is 2.03. The van der Waals surface area contributed by atoms with Crippen LogP contribution in [0.5, 0.6) is 0 Å². The van der Waals surface area contributed by atoms with E-state index in [0.717, 1.165) is 60.6 Å². The van der Waals surface area contributed by atoms with Crippen molar-refractivity contribution < 1.29 is 9.53 Å². The zero-order valence-corrected chi connectivity index (χ0v) is 15.7. The molecule has 0 aromatic carbocycles. The summed E-state index contributed by atoms with van der Waals surface area (Å²) in [5.74, 6) is -0.0647. The number of carbonyl (C=O) groups is 1. The van der Waals surface area contributed by atoms with Gasteiger partial charge in [-0.05, 0) is 40.9 Å². The molecule has 1 aliphatic rings. The number of nitrogens with zero attached hydrogens (tertiary/aromatic N) is 3. The van der Waals surface area contributed by atoms with Gasteiger partial charge in [-0.3, -0.25) is 14.1 Å². The minimum atomic E-state index is -0.0647. The quantitative estimate of drug-likeness (QED) is 0.842. The number of imidazole rings is 1. The summed E-state index contributed by atoms with van der Waals surface area (Å²) in [4.78, 5) is 19.7. The summed E-state index contributed by atoms with van der Waals surface area (Å²) < 4.78 is 8.14. The van der Waals surface area contributed by atoms with Gasteiger partial charge in [0, 0.05) is 32.4 Å². The highest BCUT2D eigenvalue weighted by Gasteiger charge is 2.20. The molecule has 0 bridgehead atoms. The monoisotopic (exact) mass is 394 g/mol. The van der Waals surface area contributed by atoms with Crippen LogP contribution in [0.4, 0.5) is 0 Å². The molecule has 7 heteroatoms. The fraction of sp³-hybridized carbons (Fsp3) is 0.529. The van der Waals surface area contributed by atoms with Gasteiger partial charge in [0.25, 0.3) is 5.91 Å². The molecule has 24 heavy (non-hydrogen) atoms. The molecule has 1 N–H and O–H groups in total. The van der Waals surface area contributed by atoms with Crippen molar-refractivity contribution in [1.82, 2.24) is 19.6 Å². The van der Waals surface area contributed by atoms with Gasteiger partial charge in [0.2, 0.25) is 0 Å². The van der Waals surface area contributed by atoms with E-state index in [1.807, 2.05) is 30.5 Å². The molecule has 0 unspecified atom stereocenters. The van der Waals surface area contributed by atoms with Crippen molar-refractivity contribution in [3.63, 3.8) is 0 Å². The minimum Gasteiger partial charge on any atom is -0.379 e. The van der Waals surface area contributed by atoms with E-state index in [0.29, 0.717) is 12.2 Å². The van der Waals surface area contributed by atoms with Gasteiger partial charge in [-0.1, -0.05) is 6.92 Å². The summed E-state index contributed by atoms with van der Waals surface area (Å²) in [6.07, 6.45) is 2.68. The zero-order valence-electron chi connectivity index (χ0n) is 14.1. The Morgan fingerprint density at radius 2 is 2.17 bits per heavy atom. The van der Waals surface area contributed by atoms with Crippen LogP contribution in [0.2, 0.25) is 0 Å². The summed E-state index contributed by atoms with van der Waals surface area (Å²) >= 11 is 3.54. The average molecular weight is 395 g/mol. The molecule has 2 aromatic heterocycles. The third-order valence-electron chi connectivity index (χ3n) is 4.25. The molecule has 0 radical (unpaired) electrons. The van der Waals surface area contributed by atoms with Gasteiger partial charge >= 0.3 is 0 Å². The van der Waals surface area contributed by atoms with Crippen LogP contribution in [0, 0.1) is 6.92 Å². The largest absolute Gasteiger partial charge is 0.379 e. The number of morpholine rings is 1. The van der Waals surface area contributed by atoms with Crippen molar-refractivity contribution in [2.24, 2.45) is 0 Å². The Bertz CT molecular complexity index is 738. The van der Waals surface area contributed by atoms with Crippen molar-refractivity contribution >= 4 is 27.5 Å². The lowest BCUT2D eigenvalue weighted by Crippen LogP contribution is -2.41. The SMILES string of the molecule is CCc1nc2c(Br)cc(C)cn2c1C(=O)NCCN1CCOCC1. The number of aromatic nitrogens is 2. The van der Waals surface area contributed by atoms with Crippen LogP contribution in [0.25, 0.3) is 5.65 Å². The summed E-state index contributed by atoms with van der Waals surface area (Å²) in [5.41, 5.74) is 3.33. The second-order valence-electron chi connectivity index (χ2n) is 6.03. The van der Waals surface area contributed by atoms with Crippen molar-refractivity contribution in [3.8, 4) is 0 Å². The van der Waals surface area contributed by atoms with Crippen LogP contribution >= 0.6 is 15.9 Å². The number of amides is 1. The first-order chi connectivity index (χ1) is 11.6. The fourth-order valence-electron chi connectivity index (χ4n) is 3.00. The third kappa shape index (κ3) is 3.63. The first-order valence-electron chi connectivity index (χ1n) is 8.35. The highest BCUT2D eigenvalue weighted by Crippen LogP contribution is 2.23. The van der Waals surface area contributed by atoms with Gasteiger partial charge in [-0.2, -0.15) is 0 Å². The van der Waals surface area contributed by atoms with E-state index in [4.69, 9.17) is 4.74 Å². The fourth-order valence-corrected chi connectivity index (χ4v) is 3.64. The Hall–Kier alpha value is -1.44. The Labute approximate surface area is 150 Å². The summed E-state index contributed by atoms with van der Waals surface area (Å²) in [6, 6.07) is 2.02. The predicted molar refractivity (Wildman–Crippen MR) is 96.6 cm³/mol. The van der Waals surface area contributed by atoms with E-state index >= 15 is 0 Å². The molecular weight excluding hydrogens is 372 g/mol. The van der Waals surface area contributed by atoms with Crippen molar-refractivity contribution in [3.05, 3.63) is 33.7 Å². The maximum Gasteiger partial charge on any atom is 0.270 e. The van der Waals surface area contributed by atoms with Crippen LogP contribution in [-0.2, 0) is 11.2 Å². The van der Waals surface area contributed by atoms with Crippen LogP contribution in [0.15, 0.2) is 16.7 Å². The van der Waals surface area contributed by atoms with E-state index in [9.17, 15) is 4.79 Å². The lowest BCUT2D eigenvalue weighted by molar-refractivity contribution is 0.0383. The number of carbonyl (C=O) groups excluding carboxylic acids is 1. The molecule has 2 aromatic rings. The van der Waals surface area contributed by atoms with Crippen LogP contribution < -0.4 is 5.32 Å². The summed E-state index contributed by atoms with van der Waals surface area (Å²) in [6.45, 7) is 8.90. The summed E-state index contributed by atoms with van der Waals surface area (Å²) in [5, 5.41) is 3.04. The van der Waals surface area contributed by atoms with Gasteiger partial charge in [0.15, 0.2) is 5.65 Å². The molecule has 6 nitrogen and oxygen atoms in total. The Morgan fingerprint density at radius 1 is 1.42 bits per heavy atom. The number of rotatable bonds is 5. The number of aryl methyl sites for hydroxylation is 2. The van der Waals surface area contributed by atoms with Crippen LogP contribution in [-0.4, -0.2) is 59.6 Å². The molecule has 1 aliphatic heterocycles. The third-order valence-corrected chi connectivity index (χ3v) is 4.83. The standard InChI is InChI=1S/C17H23BrN4O2/c1-3-14-15(22-11-12(2)10-13(18)16(22)20-14)17(23)19-4-5-21-6-8-24-9-7-21/h10-11H,3-9H2,1-2H3,(H,19,23). The topological polar surface area (TPSA) is 58.9 Å². The van der Waals surface area contributed by atoms with E-state index in [1.54, 1.807) is 0 Å². The van der Waals surface area contributed by atoms with Gasteiger partial charge in [-0.25, -0.2) is 4.98 Å². The molecule has 3 heterocycles. The second-order valence-corrected chi connectivity index (χ2v) is 6.88. The van der Waals surface area contributed by atoms with Crippen LogP contribution in [0.3, 0.4) is 0 Å². The molecule has 1 amide bonds. The second kappa shape index (κ2) is 7.63. The Kier molecular flexibility index (Phi) is 5.53. The number of hydrogen-bond donors (Lipinski definition) is 1.